The van der Waals surface area contributed by atoms with Crippen LogP contribution in [0.5, 0.6) is 5.75 Å². The van der Waals surface area contributed by atoms with Crippen molar-refractivity contribution in [2.45, 2.75) is 45.4 Å². The number of anilines is 1. The summed E-state index contributed by atoms with van der Waals surface area (Å²) < 4.78 is 33.8. The van der Waals surface area contributed by atoms with Gasteiger partial charge in [0.15, 0.2) is 0 Å². The molecular formula is C28H34N2O4S. The number of nitrogens with one attached hydrogen (secondary N) is 1. The van der Waals surface area contributed by atoms with E-state index >= 15 is 0 Å². The van der Waals surface area contributed by atoms with Gasteiger partial charge in [-0.3, -0.25) is 9.10 Å². The second-order valence-electron chi connectivity index (χ2n) is 8.57. The quantitative estimate of drug-likeness (QED) is 0.383. The van der Waals surface area contributed by atoms with E-state index in [1.54, 1.807) is 30.3 Å². The number of benzene rings is 3. The van der Waals surface area contributed by atoms with Crippen LogP contribution in [0, 0.1) is 20.8 Å². The monoisotopic (exact) mass is 494 g/mol. The smallest absolute Gasteiger partial charge is 0.264 e. The molecule has 1 N–H and O–H groups in total. The van der Waals surface area contributed by atoms with Crippen LogP contribution in [0.1, 0.15) is 35.6 Å². The van der Waals surface area contributed by atoms with Crippen molar-refractivity contribution in [1.29, 1.82) is 0 Å². The molecule has 0 saturated heterocycles. The highest BCUT2D eigenvalue weighted by molar-refractivity contribution is 7.92. The minimum atomic E-state index is -3.93. The predicted octanol–water partition coefficient (Wildman–Crippen LogP) is 4.95. The van der Waals surface area contributed by atoms with Crippen molar-refractivity contribution in [3.05, 3.63) is 89.0 Å². The number of nitrogens with zero attached hydrogens (tertiary/aromatic N) is 1. The van der Waals surface area contributed by atoms with E-state index in [9.17, 15) is 13.2 Å². The summed E-state index contributed by atoms with van der Waals surface area (Å²) in [6, 6.07) is 20.1. The zero-order chi connectivity index (χ0) is 25.4. The Morgan fingerprint density at radius 3 is 2.29 bits per heavy atom. The Bertz CT molecular complexity index is 1240. The first-order chi connectivity index (χ1) is 16.7. The Balaban J connectivity index is 1.69. The van der Waals surface area contributed by atoms with E-state index in [1.165, 1.54) is 4.31 Å². The van der Waals surface area contributed by atoms with Gasteiger partial charge in [-0.25, -0.2) is 8.42 Å². The summed E-state index contributed by atoms with van der Waals surface area (Å²) in [6.07, 6.45) is 1.54. The molecule has 35 heavy (non-hydrogen) atoms. The predicted molar refractivity (Wildman–Crippen MR) is 141 cm³/mol. The van der Waals surface area contributed by atoms with Crippen molar-refractivity contribution in [3.63, 3.8) is 0 Å². The zero-order valence-electron chi connectivity index (χ0n) is 20.9. The van der Waals surface area contributed by atoms with Crippen molar-refractivity contribution in [2.24, 2.45) is 0 Å². The summed E-state index contributed by atoms with van der Waals surface area (Å²) in [5.41, 5.74) is 4.41. The van der Waals surface area contributed by atoms with Gasteiger partial charge in [-0.15, -0.1) is 0 Å². The number of hydrogen-bond acceptors (Lipinski definition) is 4. The lowest BCUT2D eigenvalue weighted by Gasteiger charge is -2.26. The van der Waals surface area contributed by atoms with E-state index in [0.29, 0.717) is 18.8 Å². The number of carbonyl (C=O) groups is 1. The van der Waals surface area contributed by atoms with Gasteiger partial charge >= 0.3 is 0 Å². The minimum absolute atomic E-state index is 0.160. The Kier molecular flexibility index (Phi) is 8.93. The van der Waals surface area contributed by atoms with E-state index in [4.69, 9.17) is 4.74 Å². The summed E-state index contributed by atoms with van der Waals surface area (Å²) in [6.45, 7) is 8.45. The van der Waals surface area contributed by atoms with Crippen LogP contribution in [-0.2, 0) is 21.2 Å². The highest BCUT2D eigenvalue weighted by Crippen LogP contribution is 2.28. The summed E-state index contributed by atoms with van der Waals surface area (Å²) in [4.78, 5) is 13.0. The van der Waals surface area contributed by atoms with E-state index < -0.39 is 10.0 Å². The number of amides is 1. The van der Waals surface area contributed by atoms with Gasteiger partial charge in [0.2, 0.25) is 5.91 Å². The first kappa shape index (κ1) is 26.3. The van der Waals surface area contributed by atoms with Crippen molar-refractivity contribution >= 4 is 21.6 Å². The van der Waals surface area contributed by atoms with Gasteiger partial charge in [-0.05, 0) is 87.6 Å². The molecule has 7 heteroatoms. The maximum absolute atomic E-state index is 13.6. The van der Waals surface area contributed by atoms with Crippen LogP contribution in [0.3, 0.4) is 0 Å². The van der Waals surface area contributed by atoms with E-state index in [-0.39, 0.29) is 17.3 Å². The molecule has 1 amide bonds. The third-order valence-corrected chi connectivity index (χ3v) is 7.71. The van der Waals surface area contributed by atoms with Gasteiger partial charge in [-0.1, -0.05) is 42.0 Å². The molecule has 0 fully saturated rings. The number of hydrogen-bond donors (Lipinski definition) is 1. The molecule has 0 radical (unpaired) electrons. The molecule has 0 aliphatic rings. The highest BCUT2D eigenvalue weighted by Gasteiger charge is 2.28. The molecule has 3 aromatic carbocycles. The Hall–Kier alpha value is -3.32. The third-order valence-electron chi connectivity index (χ3n) is 5.94. The lowest BCUT2D eigenvalue weighted by Crippen LogP contribution is -2.41. The molecule has 0 aliphatic heterocycles. The van der Waals surface area contributed by atoms with Crippen LogP contribution in [0.15, 0.2) is 71.6 Å². The second kappa shape index (κ2) is 11.9. The number of aryl methyl sites for hydroxylation is 3. The average Bonchev–Trinajstić information content (AvgIpc) is 2.84. The zero-order valence-corrected chi connectivity index (χ0v) is 21.7. The number of sulfonamides is 1. The van der Waals surface area contributed by atoms with Crippen molar-refractivity contribution in [2.75, 3.05) is 24.0 Å². The standard InChI is InChI=1S/C28H34N2O4S/c1-5-34-25-15-13-24(14-16-25)9-7-19-29-28(31)20-30(27-10-6-8-22(3)23(27)4)35(32,33)26-17-11-21(2)12-18-26/h6,8,10-18H,5,7,9,19-20H2,1-4H3,(H,29,31). The maximum atomic E-state index is 13.6. The summed E-state index contributed by atoms with van der Waals surface area (Å²) >= 11 is 0. The molecule has 0 heterocycles. The van der Waals surface area contributed by atoms with Gasteiger partial charge < -0.3 is 10.1 Å². The first-order valence-electron chi connectivity index (χ1n) is 11.9. The summed E-state index contributed by atoms with van der Waals surface area (Å²) in [5, 5.41) is 2.88. The van der Waals surface area contributed by atoms with Crippen molar-refractivity contribution in [3.8, 4) is 5.75 Å². The van der Waals surface area contributed by atoms with Crippen molar-refractivity contribution in [1.82, 2.24) is 5.32 Å². The molecule has 0 atom stereocenters. The molecular weight excluding hydrogens is 460 g/mol. The number of ether oxygens (including phenoxy) is 1. The van der Waals surface area contributed by atoms with Crippen LogP contribution in [0.25, 0.3) is 0 Å². The molecule has 0 bridgehead atoms. The molecule has 6 nitrogen and oxygen atoms in total. The van der Waals surface area contributed by atoms with Crippen LogP contribution in [0.2, 0.25) is 0 Å². The Labute approximate surface area is 209 Å². The Morgan fingerprint density at radius 2 is 1.63 bits per heavy atom. The third kappa shape index (κ3) is 6.85. The number of rotatable bonds is 11. The van der Waals surface area contributed by atoms with Gasteiger partial charge in [0, 0.05) is 6.54 Å². The van der Waals surface area contributed by atoms with Gasteiger partial charge in [0.05, 0.1) is 17.2 Å². The molecule has 0 aliphatic carbocycles. The average molecular weight is 495 g/mol. The molecule has 0 unspecified atom stereocenters. The molecule has 3 rings (SSSR count). The van der Waals surface area contributed by atoms with E-state index in [0.717, 1.165) is 40.8 Å². The molecule has 3 aromatic rings. The van der Waals surface area contributed by atoms with E-state index in [1.807, 2.05) is 64.1 Å². The lowest BCUT2D eigenvalue weighted by atomic mass is 10.1. The van der Waals surface area contributed by atoms with Gasteiger partial charge in [0.25, 0.3) is 10.0 Å². The highest BCUT2D eigenvalue weighted by atomic mass is 32.2. The first-order valence-corrected chi connectivity index (χ1v) is 13.3. The van der Waals surface area contributed by atoms with Gasteiger partial charge in [-0.2, -0.15) is 0 Å². The second-order valence-corrected chi connectivity index (χ2v) is 10.4. The Morgan fingerprint density at radius 1 is 0.943 bits per heavy atom. The molecule has 0 aromatic heterocycles. The van der Waals surface area contributed by atoms with Crippen LogP contribution in [-0.4, -0.2) is 34.0 Å². The largest absolute Gasteiger partial charge is 0.494 e. The maximum Gasteiger partial charge on any atom is 0.264 e. The van der Waals surface area contributed by atoms with Crippen molar-refractivity contribution < 1.29 is 17.9 Å². The molecule has 0 saturated carbocycles. The fourth-order valence-electron chi connectivity index (χ4n) is 3.77. The fourth-order valence-corrected chi connectivity index (χ4v) is 5.25. The molecule has 186 valence electrons. The summed E-state index contributed by atoms with van der Waals surface area (Å²) in [7, 11) is -3.93. The fraction of sp³-hybridized carbons (Fsp3) is 0.321. The van der Waals surface area contributed by atoms with E-state index in [2.05, 4.69) is 5.32 Å². The van der Waals surface area contributed by atoms with Crippen LogP contribution >= 0.6 is 0 Å². The number of carbonyl (C=O) groups excluding carboxylic acids is 1. The SMILES string of the molecule is CCOc1ccc(CCCNC(=O)CN(c2cccc(C)c2C)S(=O)(=O)c2ccc(C)cc2)cc1. The van der Waals surface area contributed by atoms with Gasteiger partial charge in [0.1, 0.15) is 12.3 Å². The topological polar surface area (TPSA) is 75.7 Å². The van der Waals surface area contributed by atoms with Crippen LogP contribution < -0.4 is 14.4 Å². The minimum Gasteiger partial charge on any atom is -0.494 e. The molecule has 0 spiro atoms. The normalized spacial score (nSPS) is 11.2. The lowest BCUT2D eigenvalue weighted by molar-refractivity contribution is -0.119. The summed E-state index contributed by atoms with van der Waals surface area (Å²) in [5.74, 6) is 0.499. The van der Waals surface area contributed by atoms with Crippen LogP contribution in [0.4, 0.5) is 5.69 Å².